The molecule has 0 amide bonds. The van der Waals surface area contributed by atoms with Crippen molar-refractivity contribution in [2.45, 2.75) is 38.8 Å². The normalized spacial score (nSPS) is 16.0. The van der Waals surface area contributed by atoms with Gasteiger partial charge in [0.2, 0.25) is 0 Å². The third-order valence-corrected chi connectivity index (χ3v) is 5.82. The molecule has 7 heteroatoms. The minimum Gasteiger partial charge on any atom is -0.367 e. The van der Waals surface area contributed by atoms with Gasteiger partial charge in [0.15, 0.2) is 5.82 Å². The van der Waals surface area contributed by atoms with Crippen LogP contribution in [0.15, 0.2) is 54.6 Å². The molecule has 6 nitrogen and oxygen atoms in total. The summed E-state index contributed by atoms with van der Waals surface area (Å²) in [5, 5.41) is 12.7. The summed E-state index contributed by atoms with van der Waals surface area (Å²) in [6.07, 6.45) is 2.97. The molecule has 2 aromatic carbocycles. The molecule has 1 atom stereocenters. The molecule has 1 aliphatic rings. The minimum atomic E-state index is -0.152. The number of benzene rings is 2. The van der Waals surface area contributed by atoms with Crippen LogP contribution in [0.5, 0.6) is 0 Å². The van der Waals surface area contributed by atoms with E-state index in [4.69, 9.17) is 0 Å². The predicted molar refractivity (Wildman–Crippen MR) is 116 cm³/mol. The van der Waals surface area contributed by atoms with E-state index in [9.17, 15) is 4.39 Å². The Labute approximate surface area is 177 Å². The lowest BCUT2D eigenvalue weighted by Gasteiger charge is -2.39. The maximum absolute atomic E-state index is 14.2. The van der Waals surface area contributed by atoms with Crippen LogP contribution in [0, 0.1) is 5.82 Å². The van der Waals surface area contributed by atoms with Gasteiger partial charge in [-0.2, -0.15) is 0 Å². The van der Waals surface area contributed by atoms with Crippen molar-refractivity contribution in [2.24, 2.45) is 0 Å². The fraction of sp³-hybridized carbons (Fsp3) is 0.435. The molecule has 30 heavy (non-hydrogen) atoms. The Bertz CT molecular complexity index is 920. The molecule has 2 heterocycles. The van der Waals surface area contributed by atoms with Gasteiger partial charge < -0.3 is 4.90 Å². The number of hydrogen-bond donors (Lipinski definition) is 0. The van der Waals surface area contributed by atoms with Crippen molar-refractivity contribution in [3.8, 4) is 0 Å². The quantitative estimate of drug-likeness (QED) is 0.569. The van der Waals surface area contributed by atoms with E-state index in [0.717, 1.165) is 57.8 Å². The Balaban J connectivity index is 1.44. The number of aromatic nitrogens is 4. The second kappa shape index (κ2) is 9.80. The summed E-state index contributed by atoms with van der Waals surface area (Å²) >= 11 is 0. The Morgan fingerprint density at radius 3 is 2.43 bits per heavy atom. The second-order valence-electron chi connectivity index (χ2n) is 7.77. The number of tetrazole rings is 1. The topological polar surface area (TPSA) is 50.1 Å². The van der Waals surface area contributed by atoms with Gasteiger partial charge >= 0.3 is 0 Å². The fourth-order valence-corrected chi connectivity index (χ4v) is 4.22. The van der Waals surface area contributed by atoms with E-state index in [1.165, 1.54) is 11.6 Å². The number of rotatable bonds is 8. The van der Waals surface area contributed by atoms with Crippen LogP contribution in [-0.4, -0.2) is 51.3 Å². The number of nitrogens with zero attached hydrogens (tertiary/aromatic N) is 6. The summed E-state index contributed by atoms with van der Waals surface area (Å²) in [4.78, 5) is 4.58. The molecule has 3 aromatic rings. The molecular weight excluding hydrogens is 379 g/mol. The van der Waals surface area contributed by atoms with Crippen LogP contribution in [0.25, 0.3) is 0 Å². The first-order chi connectivity index (χ1) is 14.8. The van der Waals surface area contributed by atoms with Crippen LogP contribution < -0.4 is 4.90 Å². The summed E-state index contributed by atoms with van der Waals surface area (Å²) < 4.78 is 16.1. The van der Waals surface area contributed by atoms with E-state index in [-0.39, 0.29) is 11.9 Å². The maximum atomic E-state index is 14.2. The monoisotopic (exact) mass is 408 g/mol. The zero-order valence-electron chi connectivity index (χ0n) is 17.5. The predicted octanol–water partition coefficient (Wildman–Crippen LogP) is 3.72. The van der Waals surface area contributed by atoms with Gasteiger partial charge in [0.1, 0.15) is 5.82 Å². The molecule has 0 saturated carbocycles. The lowest BCUT2D eigenvalue weighted by Crippen LogP contribution is -2.48. The fourth-order valence-electron chi connectivity index (χ4n) is 4.22. The molecule has 1 aromatic heterocycles. The van der Waals surface area contributed by atoms with E-state index < -0.39 is 0 Å². The van der Waals surface area contributed by atoms with Gasteiger partial charge in [-0.1, -0.05) is 55.8 Å². The summed E-state index contributed by atoms with van der Waals surface area (Å²) in [7, 11) is 0. The van der Waals surface area contributed by atoms with Gasteiger partial charge in [0, 0.05) is 32.7 Å². The van der Waals surface area contributed by atoms with Gasteiger partial charge in [-0.05, 0) is 41.0 Å². The van der Waals surface area contributed by atoms with Gasteiger partial charge in [0.25, 0.3) is 0 Å². The van der Waals surface area contributed by atoms with Gasteiger partial charge in [0.05, 0.1) is 11.7 Å². The Kier molecular flexibility index (Phi) is 6.69. The molecule has 158 valence electrons. The highest BCUT2D eigenvalue weighted by Crippen LogP contribution is 2.27. The molecule has 1 aliphatic heterocycles. The molecule has 1 saturated heterocycles. The van der Waals surface area contributed by atoms with Crippen molar-refractivity contribution in [3.05, 3.63) is 71.8 Å². The van der Waals surface area contributed by atoms with E-state index in [0.29, 0.717) is 5.69 Å². The molecule has 1 unspecified atom stereocenters. The maximum Gasteiger partial charge on any atom is 0.168 e. The lowest BCUT2D eigenvalue weighted by molar-refractivity contribution is 0.163. The number of hydrogen-bond acceptors (Lipinski definition) is 5. The first-order valence-electron chi connectivity index (χ1n) is 10.8. The van der Waals surface area contributed by atoms with Crippen LogP contribution in [0.2, 0.25) is 0 Å². The zero-order chi connectivity index (χ0) is 20.8. The minimum absolute atomic E-state index is 0.152. The SMILES string of the molecule is CCCC(c1nnnn1CCc1ccccc1)N1CCN(c2ccccc2F)CC1. The van der Waals surface area contributed by atoms with Crippen LogP contribution in [-0.2, 0) is 13.0 Å². The molecule has 0 radical (unpaired) electrons. The first kappa shape index (κ1) is 20.5. The summed E-state index contributed by atoms with van der Waals surface area (Å²) in [6, 6.07) is 17.6. The Morgan fingerprint density at radius 1 is 0.967 bits per heavy atom. The summed E-state index contributed by atoms with van der Waals surface area (Å²) in [5.74, 6) is 0.785. The van der Waals surface area contributed by atoms with Gasteiger partial charge in [-0.3, -0.25) is 4.90 Å². The smallest absolute Gasteiger partial charge is 0.168 e. The average molecular weight is 409 g/mol. The lowest BCUT2D eigenvalue weighted by atomic mass is 10.1. The Hall–Kier alpha value is -2.80. The van der Waals surface area contributed by atoms with Crippen LogP contribution in [0.3, 0.4) is 0 Å². The molecule has 0 N–H and O–H groups in total. The highest BCUT2D eigenvalue weighted by molar-refractivity contribution is 5.48. The molecule has 4 rings (SSSR count). The Morgan fingerprint density at radius 2 is 1.70 bits per heavy atom. The standard InChI is InChI=1S/C23H29FN6/c1-2-8-22(23-25-26-27-30(23)14-13-19-9-4-3-5-10-19)29-17-15-28(16-18-29)21-12-7-6-11-20(21)24/h3-7,9-12,22H,2,8,13-18H2,1H3. The molecular formula is C23H29FN6. The van der Waals surface area contributed by atoms with Crippen LogP contribution in [0.1, 0.15) is 37.2 Å². The molecule has 0 aliphatic carbocycles. The number of para-hydroxylation sites is 1. The first-order valence-corrected chi connectivity index (χ1v) is 10.8. The molecule has 1 fully saturated rings. The van der Waals surface area contributed by atoms with Crippen molar-refractivity contribution in [2.75, 3.05) is 31.1 Å². The third-order valence-electron chi connectivity index (χ3n) is 5.82. The van der Waals surface area contributed by atoms with E-state index in [1.54, 1.807) is 6.07 Å². The average Bonchev–Trinajstić information content (AvgIpc) is 3.26. The number of aryl methyl sites for hydroxylation is 2. The number of piperazine rings is 1. The van der Waals surface area contributed by atoms with Crippen LogP contribution in [0.4, 0.5) is 10.1 Å². The number of halogens is 1. The van der Waals surface area contributed by atoms with Crippen molar-refractivity contribution < 1.29 is 4.39 Å². The van der Waals surface area contributed by atoms with Crippen molar-refractivity contribution in [3.63, 3.8) is 0 Å². The number of anilines is 1. The summed E-state index contributed by atoms with van der Waals surface area (Å²) in [6.45, 7) is 6.29. The highest BCUT2D eigenvalue weighted by Gasteiger charge is 2.29. The second-order valence-corrected chi connectivity index (χ2v) is 7.77. The van der Waals surface area contributed by atoms with Crippen molar-refractivity contribution in [1.82, 2.24) is 25.1 Å². The van der Waals surface area contributed by atoms with Gasteiger partial charge in [-0.25, -0.2) is 9.07 Å². The van der Waals surface area contributed by atoms with Gasteiger partial charge in [-0.15, -0.1) is 5.10 Å². The van der Waals surface area contributed by atoms with E-state index in [2.05, 4.69) is 56.5 Å². The highest BCUT2D eigenvalue weighted by atomic mass is 19.1. The van der Waals surface area contributed by atoms with E-state index >= 15 is 0 Å². The summed E-state index contributed by atoms with van der Waals surface area (Å²) in [5.41, 5.74) is 1.97. The van der Waals surface area contributed by atoms with E-state index in [1.807, 2.05) is 22.9 Å². The van der Waals surface area contributed by atoms with Crippen molar-refractivity contribution >= 4 is 5.69 Å². The zero-order valence-corrected chi connectivity index (χ0v) is 17.5. The van der Waals surface area contributed by atoms with Crippen molar-refractivity contribution in [1.29, 1.82) is 0 Å². The van der Waals surface area contributed by atoms with Crippen LogP contribution >= 0.6 is 0 Å². The molecule has 0 bridgehead atoms. The molecule has 0 spiro atoms. The third kappa shape index (κ3) is 4.67. The largest absolute Gasteiger partial charge is 0.367 e.